The van der Waals surface area contributed by atoms with Crippen LogP contribution in [-0.4, -0.2) is 22.5 Å². The molecule has 25 heavy (non-hydrogen) atoms. The first kappa shape index (κ1) is 18.5. The molecule has 1 aromatic rings. The molecule has 2 aliphatic rings. The number of ether oxygens (including phenoxy) is 1. The van der Waals surface area contributed by atoms with Crippen LogP contribution >= 0.6 is 23.2 Å². The summed E-state index contributed by atoms with van der Waals surface area (Å²) in [5, 5.41) is 9.53. The van der Waals surface area contributed by atoms with E-state index in [-0.39, 0.29) is 21.6 Å². The van der Waals surface area contributed by atoms with Gasteiger partial charge in [-0.2, -0.15) is 0 Å². The number of carbonyl (C=O) groups is 2. The van der Waals surface area contributed by atoms with E-state index >= 15 is 0 Å². The van der Waals surface area contributed by atoms with Crippen molar-refractivity contribution in [2.24, 2.45) is 11.3 Å². The van der Waals surface area contributed by atoms with E-state index in [1.165, 1.54) is 13.8 Å². The quantitative estimate of drug-likeness (QED) is 0.777. The fourth-order valence-electron chi connectivity index (χ4n) is 4.08. The van der Waals surface area contributed by atoms with Gasteiger partial charge in [-0.3, -0.25) is 4.79 Å². The van der Waals surface area contributed by atoms with Crippen molar-refractivity contribution in [3.63, 3.8) is 0 Å². The van der Waals surface area contributed by atoms with Gasteiger partial charge in [-0.25, -0.2) is 4.79 Å². The smallest absolute Gasteiger partial charge is 0.347 e. The van der Waals surface area contributed by atoms with Crippen molar-refractivity contribution in [3.05, 3.63) is 27.2 Å². The third kappa shape index (κ3) is 2.93. The number of fused-ring (bicyclic) bond motifs is 1. The summed E-state index contributed by atoms with van der Waals surface area (Å²) < 4.78 is 5.60. The van der Waals surface area contributed by atoms with E-state index < -0.39 is 17.0 Å². The second-order valence-electron chi connectivity index (χ2n) is 7.86. The summed E-state index contributed by atoms with van der Waals surface area (Å²) in [4.78, 5) is 24.4. The van der Waals surface area contributed by atoms with Crippen LogP contribution in [0.5, 0.6) is 5.75 Å². The number of hydrogen-bond donors (Lipinski definition) is 1. The van der Waals surface area contributed by atoms with E-state index in [4.69, 9.17) is 27.9 Å². The maximum absolute atomic E-state index is 13.1. The summed E-state index contributed by atoms with van der Waals surface area (Å²) in [5.74, 6) is -0.499. The van der Waals surface area contributed by atoms with E-state index in [9.17, 15) is 14.7 Å². The maximum Gasteiger partial charge on any atom is 0.347 e. The molecule has 0 spiro atoms. The van der Waals surface area contributed by atoms with Gasteiger partial charge in [-0.15, -0.1) is 0 Å². The van der Waals surface area contributed by atoms with Gasteiger partial charge in [-0.05, 0) is 50.7 Å². The minimum atomic E-state index is -1.45. The lowest BCUT2D eigenvalue weighted by Crippen LogP contribution is -2.38. The van der Waals surface area contributed by atoms with Gasteiger partial charge in [0, 0.05) is 11.0 Å². The van der Waals surface area contributed by atoms with Crippen molar-refractivity contribution in [1.29, 1.82) is 0 Å². The van der Waals surface area contributed by atoms with E-state index in [2.05, 4.69) is 0 Å². The Morgan fingerprint density at radius 1 is 1.28 bits per heavy atom. The summed E-state index contributed by atoms with van der Waals surface area (Å²) in [6, 6.07) is 1.69. The number of Topliss-reactive ketones (excluding diaryl/α,β-unsaturated/α-hetero) is 1. The van der Waals surface area contributed by atoms with Crippen molar-refractivity contribution in [2.75, 3.05) is 0 Å². The predicted octanol–water partition coefficient (Wildman–Crippen LogP) is 5.17. The van der Waals surface area contributed by atoms with Crippen LogP contribution in [0, 0.1) is 11.3 Å². The first-order chi connectivity index (χ1) is 11.6. The number of benzene rings is 1. The molecule has 2 aliphatic carbocycles. The Bertz CT molecular complexity index is 750. The van der Waals surface area contributed by atoms with Gasteiger partial charge in [0.05, 0.1) is 5.02 Å². The van der Waals surface area contributed by atoms with Gasteiger partial charge in [-0.1, -0.05) is 43.0 Å². The number of hydrogen-bond acceptors (Lipinski definition) is 3. The minimum Gasteiger partial charge on any atom is -0.478 e. The molecule has 0 saturated heterocycles. The zero-order valence-electron chi connectivity index (χ0n) is 14.6. The molecule has 0 aliphatic heterocycles. The van der Waals surface area contributed by atoms with Gasteiger partial charge in [0.25, 0.3) is 0 Å². The number of rotatable bonds is 4. The summed E-state index contributed by atoms with van der Waals surface area (Å²) in [6.07, 6.45) is 5.00. The molecular weight excluding hydrogens is 363 g/mol. The molecular formula is C19H22Cl2O4. The molecule has 0 heterocycles. The average molecular weight is 385 g/mol. The number of carboxylic acid groups (broad SMARTS) is 1. The van der Waals surface area contributed by atoms with Gasteiger partial charge >= 0.3 is 5.97 Å². The lowest BCUT2D eigenvalue weighted by molar-refractivity contribution is -0.152. The Balaban J connectivity index is 2.02. The largest absolute Gasteiger partial charge is 0.478 e. The van der Waals surface area contributed by atoms with Crippen molar-refractivity contribution >= 4 is 35.0 Å². The Morgan fingerprint density at radius 2 is 1.88 bits per heavy atom. The molecule has 1 unspecified atom stereocenters. The molecule has 1 fully saturated rings. The van der Waals surface area contributed by atoms with Crippen LogP contribution in [0.1, 0.15) is 62.4 Å². The van der Waals surface area contributed by atoms with Crippen LogP contribution in [0.25, 0.3) is 0 Å². The van der Waals surface area contributed by atoms with Crippen LogP contribution in [0.2, 0.25) is 10.0 Å². The summed E-state index contributed by atoms with van der Waals surface area (Å²) >= 11 is 12.7. The molecule has 0 aromatic heterocycles. The summed E-state index contributed by atoms with van der Waals surface area (Å²) in [5.41, 5.74) is -0.641. The monoisotopic (exact) mass is 384 g/mol. The van der Waals surface area contributed by atoms with Gasteiger partial charge < -0.3 is 9.84 Å². The fourth-order valence-corrected chi connectivity index (χ4v) is 4.57. The van der Waals surface area contributed by atoms with Gasteiger partial charge in [0.15, 0.2) is 11.4 Å². The Hall–Kier alpha value is -1.26. The number of carbonyl (C=O) groups excluding carboxylic acids is 1. The highest BCUT2D eigenvalue weighted by Gasteiger charge is 2.49. The van der Waals surface area contributed by atoms with Crippen molar-refractivity contribution in [3.8, 4) is 5.75 Å². The third-order valence-electron chi connectivity index (χ3n) is 5.69. The first-order valence-electron chi connectivity index (χ1n) is 8.56. The highest BCUT2D eigenvalue weighted by atomic mass is 35.5. The zero-order valence-corrected chi connectivity index (χ0v) is 16.1. The van der Waals surface area contributed by atoms with Crippen molar-refractivity contribution in [2.45, 2.75) is 58.5 Å². The van der Waals surface area contributed by atoms with Gasteiger partial charge in [0.1, 0.15) is 10.8 Å². The minimum absolute atomic E-state index is 0.0466. The lowest BCUT2D eigenvalue weighted by Gasteiger charge is -2.29. The molecule has 4 nitrogen and oxygen atoms in total. The lowest BCUT2D eigenvalue weighted by atomic mass is 9.73. The molecule has 0 amide bonds. The summed E-state index contributed by atoms with van der Waals surface area (Å²) in [7, 11) is 0. The first-order valence-corrected chi connectivity index (χ1v) is 9.31. The fraction of sp³-hybridized carbons (Fsp3) is 0.579. The molecule has 1 atom stereocenters. The molecule has 1 aromatic carbocycles. The number of aliphatic carboxylic acids is 1. The molecule has 3 rings (SSSR count). The van der Waals surface area contributed by atoms with Gasteiger partial charge in [0.2, 0.25) is 0 Å². The van der Waals surface area contributed by atoms with Crippen molar-refractivity contribution in [1.82, 2.24) is 0 Å². The zero-order chi connectivity index (χ0) is 18.6. The van der Waals surface area contributed by atoms with Crippen molar-refractivity contribution < 1.29 is 19.4 Å². The van der Waals surface area contributed by atoms with Crippen LogP contribution < -0.4 is 4.74 Å². The predicted molar refractivity (Wildman–Crippen MR) is 96.9 cm³/mol. The molecule has 6 heteroatoms. The molecule has 0 bridgehead atoms. The topological polar surface area (TPSA) is 63.6 Å². The molecule has 1 N–H and O–H groups in total. The average Bonchev–Trinajstić information content (AvgIpc) is 3.13. The van der Waals surface area contributed by atoms with E-state index in [0.717, 1.165) is 31.2 Å². The second-order valence-corrected chi connectivity index (χ2v) is 8.61. The Labute approximate surface area is 157 Å². The van der Waals surface area contributed by atoms with Crippen LogP contribution in [0.4, 0.5) is 0 Å². The Morgan fingerprint density at radius 3 is 2.44 bits per heavy atom. The van der Waals surface area contributed by atoms with Crippen LogP contribution in [-0.2, 0) is 11.2 Å². The SMILES string of the molecule is CC(C)(Oc1cc2c(c(Cl)c1Cl)C(=O)C(C)(C1CCCC1)C2)C(=O)O. The molecule has 1 saturated carbocycles. The normalized spacial score (nSPS) is 23.8. The van der Waals surface area contributed by atoms with Crippen LogP contribution in [0.15, 0.2) is 6.07 Å². The third-order valence-corrected chi connectivity index (χ3v) is 6.54. The maximum atomic E-state index is 13.1. The number of carboxylic acids is 1. The Kier molecular flexibility index (Phi) is 4.57. The van der Waals surface area contributed by atoms with E-state index in [0.29, 0.717) is 17.9 Å². The van der Waals surface area contributed by atoms with E-state index in [1.54, 1.807) is 6.07 Å². The summed E-state index contributed by atoms with van der Waals surface area (Å²) in [6.45, 7) is 4.90. The van der Waals surface area contributed by atoms with E-state index in [1.807, 2.05) is 6.92 Å². The highest BCUT2D eigenvalue weighted by Crippen LogP contribution is 2.52. The number of ketones is 1. The highest BCUT2D eigenvalue weighted by molar-refractivity contribution is 6.45. The van der Waals surface area contributed by atoms with Crippen LogP contribution in [0.3, 0.4) is 0 Å². The standard InChI is InChI=1S/C19H22Cl2O4/c1-18(2,17(23)24)25-12-8-10-9-19(3,11-6-4-5-7-11)16(22)13(10)15(21)14(12)20/h8,11H,4-7,9H2,1-3H3,(H,23,24). The molecule has 136 valence electrons. The molecule has 0 radical (unpaired) electrons. The second kappa shape index (κ2) is 6.17. The number of halogens is 2.